The lowest BCUT2D eigenvalue weighted by atomic mass is 10.3. The van der Waals surface area contributed by atoms with Crippen LogP contribution >= 0.6 is 0 Å². The first-order valence-electron chi connectivity index (χ1n) is 6.56. The SMILES string of the molecule is CC(=O)N[C@@H](CS(=O)C(C)C(=O)N1CCOCC1)C(=O)O. The molecule has 1 saturated heterocycles. The third kappa shape index (κ3) is 5.43. The largest absolute Gasteiger partial charge is 0.480 e. The van der Waals surface area contributed by atoms with E-state index in [9.17, 15) is 18.6 Å². The molecule has 1 fully saturated rings. The van der Waals surface area contributed by atoms with Crippen molar-refractivity contribution in [2.45, 2.75) is 25.1 Å². The molecule has 0 spiro atoms. The summed E-state index contributed by atoms with van der Waals surface area (Å²) in [4.78, 5) is 35.6. The fraction of sp³-hybridized carbons (Fsp3) is 0.750. The lowest BCUT2D eigenvalue weighted by molar-refractivity contribution is -0.140. The Bertz CT molecular complexity index is 435. The van der Waals surface area contributed by atoms with Crippen molar-refractivity contribution in [2.75, 3.05) is 32.1 Å². The Kier molecular flexibility index (Phi) is 6.76. The third-order valence-electron chi connectivity index (χ3n) is 3.07. The fourth-order valence-electron chi connectivity index (χ4n) is 1.88. The Morgan fingerprint density at radius 1 is 1.33 bits per heavy atom. The number of hydrogen-bond donors (Lipinski definition) is 2. The molecule has 0 radical (unpaired) electrons. The smallest absolute Gasteiger partial charge is 0.327 e. The topological polar surface area (TPSA) is 113 Å². The van der Waals surface area contributed by atoms with E-state index in [-0.39, 0.29) is 11.7 Å². The average molecular weight is 320 g/mol. The quantitative estimate of drug-likeness (QED) is 0.620. The van der Waals surface area contributed by atoms with Gasteiger partial charge in [-0.05, 0) is 6.92 Å². The molecule has 0 aliphatic carbocycles. The van der Waals surface area contributed by atoms with E-state index < -0.39 is 34.0 Å². The van der Waals surface area contributed by atoms with Crippen molar-refractivity contribution in [1.29, 1.82) is 0 Å². The molecular weight excluding hydrogens is 300 g/mol. The van der Waals surface area contributed by atoms with Gasteiger partial charge in [0.1, 0.15) is 11.3 Å². The minimum Gasteiger partial charge on any atom is -0.480 e. The van der Waals surface area contributed by atoms with E-state index in [2.05, 4.69) is 5.32 Å². The number of carbonyl (C=O) groups excluding carboxylic acids is 2. The molecule has 2 amide bonds. The summed E-state index contributed by atoms with van der Waals surface area (Å²) in [6.45, 7) is 4.44. The van der Waals surface area contributed by atoms with Crippen molar-refractivity contribution >= 4 is 28.6 Å². The van der Waals surface area contributed by atoms with Crippen LogP contribution in [-0.4, -0.2) is 75.3 Å². The summed E-state index contributed by atoms with van der Waals surface area (Å²) in [7, 11) is -1.69. The van der Waals surface area contributed by atoms with Gasteiger partial charge in [0.2, 0.25) is 11.8 Å². The predicted octanol–water partition coefficient (Wildman–Crippen LogP) is -1.43. The van der Waals surface area contributed by atoms with Crippen LogP contribution in [0.4, 0.5) is 0 Å². The molecule has 0 aromatic rings. The van der Waals surface area contributed by atoms with Crippen LogP contribution in [0, 0.1) is 0 Å². The molecule has 8 nitrogen and oxygen atoms in total. The van der Waals surface area contributed by atoms with E-state index in [1.807, 2.05) is 0 Å². The summed E-state index contributed by atoms with van der Waals surface area (Å²) in [6, 6.07) is -1.26. The second-order valence-electron chi connectivity index (χ2n) is 4.72. The molecular formula is C12H20N2O6S. The van der Waals surface area contributed by atoms with Gasteiger partial charge in [0.05, 0.1) is 19.0 Å². The van der Waals surface area contributed by atoms with E-state index in [1.165, 1.54) is 13.8 Å². The first kappa shape index (κ1) is 17.6. The molecule has 0 aromatic carbocycles. The van der Waals surface area contributed by atoms with Crippen LogP contribution < -0.4 is 5.32 Å². The third-order valence-corrected chi connectivity index (χ3v) is 4.72. The van der Waals surface area contributed by atoms with Crippen molar-refractivity contribution in [3.63, 3.8) is 0 Å². The maximum absolute atomic E-state index is 12.2. The molecule has 0 saturated carbocycles. The highest BCUT2D eigenvalue weighted by atomic mass is 32.2. The van der Waals surface area contributed by atoms with Gasteiger partial charge in [-0.3, -0.25) is 13.8 Å². The van der Waals surface area contributed by atoms with Crippen molar-refractivity contribution in [3.8, 4) is 0 Å². The number of aliphatic carboxylic acids is 1. The van der Waals surface area contributed by atoms with E-state index in [0.717, 1.165) is 0 Å². The number of hydrogen-bond acceptors (Lipinski definition) is 5. The summed E-state index contributed by atoms with van der Waals surface area (Å²) in [5.41, 5.74) is 0. The fourth-order valence-corrected chi connectivity index (χ4v) is 3.10. The Labute approximate surface area is 125 Å². The minimum absolute atomic E-state index is 0.288. The second-order valence-corrected chi connectivity index (χ2v) is 6.52. The van der Waals surface area contributed by atoms with Gasteiger partial charge in [-0.1, -0.05) is 0 Å². The van der Waals surface area contributed by atoms with Gasteiger partial charge in [0.25, 0.3) is 0 Å². The number of amides is 2. The van der Waals surface area contributed by atoms with Crippen LogP contribution in [0.25, 0.3) is 0 Å². The number of rotatable bonds is 6. The highest BCUT2D eigenvalue weighted by molar-refractivity contribution is 7.86. The molecule has 21 heavy (non-hydrogen) atoms. The van der Waals surface area contributed by atoms with E-state index >= 15 is 0 Å². The number of ether oxygens (including phenoxy) is 1. The molecule has 1 aliphatic rings. The summed E-state index contributed by atoms with van der Waals surface area (Å²) in [5.74, 6) is -2.38. The van der Waals surface area contributed by atoms with Crippen LogP contribution in [0.3, 0.4) is 0 Å². The van der Waals surface area contributed by atoms with Crippen molar-refractivity contribution in [2.24, 2.45) is 0 Å². The molecule has 120 valence electrons. The van der Waals surface area contributed by atoms with Crippen LogP contribution in [0.1, 0.15) is 13.8 Å². The van der Waals surface area contributed by atoms with Gasteiger partial charge in [-0.25, -0.2) is 4.79 Å². The zero-order valence-electron chi connectivity index (χ0n) is 12.0. The maximum Gasteiger partial charge on any atom is 0.327 e. The van der Waals surface area contributed by atoms with Crippen LogP contribution in [-0.2, 0) is 29.9 Å². The molecule has 0 bridgehead atoms. The Hall–Kier alpha value is -1.48. The number of carboxylic acids is 1. The first-order valence-corrected chi connectivity index (χ1v) is 7.94. The van der Waals surface area contributed by atoms with Crippen LogP contribution in [0.2, 0.25) is 0 Å². The molecule has 9 heteroatoms. The average Bonchev–Trinajstić information content (AvgIpc) is 2.45. The monoisotopic (exact) mass is 320 g/mol. The van der Waals surface area contributed by atoms with Crippen molar-refractivity contribution in [3.05, 3.63) is 0 Å². The van der Waals surface area contributed by atoms with Gasteiger partial charge < -0.3 is 20.1 Å². The number of carboxylic acid groups (broad SMARTS) is 1. The van der Waals surface area contributed by atoms with Crippen molar-refractivity contribution in [1.82, 2.24) is 10.2 Å². The van der Waals surface area contributed by atoms with E-state index in [1.54, 1.807) is 4.90 Å². The standard InChI is InChI=1S/C12H20N2O6S/c1-8(11(16)14-3-5-20-6-4-14)21(19)7-10(12(17)18)13-9(2)15/h8,10H,3-7H2,1-2H3,(H,13,15)(H,17,18)/t8?,10-,21?/m0/s1. The zero-order valence-corrected chi connectivity index (χ0v) is 12.9. The van der Waals surface area contributed by atoms with Gasteiger partial charge in [0.15, 0.2) is 0 Å². The van der Waals surface area contributed by atoms with Gasteiger partial charge in [-0.2, -0.15) is 0 Å². The first-order chi connectivity index (χ1) is 9.82. The maximum atomic E-state index is 12.2. The highest BCUT2D eigenvalue weighted by Gasteiger charge is 2.30. The molecule has 1 heterocycles. The number of nitrogens with one attached hydrogen (secondary N) is 1. The van der Waals surface area contributed by atoms with E-state index in [0.29, 0.717) is 26.3 Å². The van der Waals surface area contributed by atoms with Crippen LogP contribution in [0.15, 0.2) is 0 Å². The lowest BCUT2D eigenvalue weighted by Gasteiger charge is -2.29. The summed E-state index contributed by atoms with van der Waals surface area (Å²) in [6.07, 6.45) is 0. The number of carbonyl (C=O) groups is 3. The molecule has 3 atom stereocenters. The molecule has 1 aliphatic heterocycles. The summed E-state index contributed by atoms with van der Waals surface area (Å²) in [5, 5.41) is 10.4. The second kappa shape index (κ2) is 8.08. The van der Waals surface area contributed by atoms with Gasteiger partial charge in [0, 0.05) is 30.8 Å². The molecule has 0 aromatic heterocycles. The minimum atomic E-state index is -1.69. The molecule has 2 unspecified atom stereocenters. The molecule has 2 N–H and O–H groups in total. The van der Waals surface area contributed by atoms with Crippen molar-refractivity contribution < 1.29 is 28.4 Å². The van der Waals surface area contributed by atoms with Gasteiger partial charge >= 0.3 is 5.97 Å². The molecule has 1 rings (SSSR count). The highest BCUT2D eigenvalue weighted by Crippen LogP contribution is 2.07. The van der Waals surface area contributed by atoms with Crippen LogP contribution in [0.5, 0.6) is 0 Å². The van der Waals surface area contributed by atoms with Gasteiger partial charge in [-0.15, -0.1) is 0 Å². The summed E-state index contributed by atoms with van der Waals surface area (Å²) >= 11 is 0. The number of morpholine rings is 1. The zero-order chi connectivity index (χ0) is 16.0. The number of nitrogens with zero attached hydrogens (tertiary/aromatic N) is 1. The lowest BCUT2D eigenvalue weighted by Crippen LogP contribution is -2.49. The summed E-state index contributed by atoms with van der Waals surface area (Å²) < 4.78 is 17.3. The normalized spacial score (nSPS) is 19.4. The predicted molar refractivity (Wildman–Crippen MR) is 75.1 cm³/mol. The Morgan fingerprint density at radius 3 is 2.38 bits per heavy atom. The van der Waals surface area contributed by atoms with E-state index in [4.69, 9.17) is 9.84 Å². The Balaban J connectivity index is 2.61. The Morgan fingerprint density at radius 2 is 1.90 bits per heavy atom.